The Morgan fingerprint density at radius 1 is 0.704 bits per heavy atom. The molecule has 0 aliphatic carbocycles. The second kappa shape index (κ2) is 16.0. The second-order valence-corrected chi connectivity index (χ2v) is 9.10. The van der Waals surface area contributed by atoms with Gasteiger partial charge in [-0.25, -0.2) is 9.13 Å². The molecule has 0 spiro atoms. The van der Waals surface area contributed by atoms with Crippen LogP contribution in [0.2, 0.25) is 0 Å². The van der Waals surface area contributed by atoms with Crippen LogP contribution in [0.5, 0.6) is 0 Å². The smallest absolute Gasteiger partial charge is 0.370 e. The molecule has 1 rings (SSSR count). The van der Waals surface area contributed by atoms with Gasteiger partial charge in [0.05, 0.1) is 12.2 Å². The van der Waals surface area contributed by atoms with Crippen LogP contribution in [0.3, 0.4) is 0 Å². The van der Waals surface area contributed by atoms with E-state index < -0.39 is 15.6 Å². The topological polar surface area (TPSA) is 168 Å². The van der Waals surface area contributed by atoms with Gasteiger partial charge in [-0.3, -0.25) is 0 Å². The van der Waals surface area contributed by atoms with Gasteiger partial charge in [0.2, 0.25) is 0 Å². The van der Waals surface area contributed by atoms with E-state index in [0.29, 0.717) is 5.60 Å². The maximum absolute atomic E-state index is 8.88. The van der Waals surface area contributed by atoms with Crippen molar-refractivity contribution in [3.8, 4) is 0 Å². The molecule has 9 nitrogen and oxygen atoms in total. The maximum atomic E-state index is 8.88. The molecule has 11 heteroatoms. The molecular formula is C16H38O9P2. The third-order valence-corrected chi connectivity index (χ3v) is 3.95. The van der Waals surface area contributed by atoms with Crippen LogP contribution in [-0.2, 0) is 13.9 Å². The molecule has 166 valence electrons. The van der Waals surface area contributed by atoms with Crippen molar-refractivity contribution in [3.63, 3.8) is 0 Å². The van der Waals surface area contributed by atoms with Crippen molar-refractivity contribution < 1.29 is 43.2 Å². The first-order chi connectivity index (χ1) is 12.3. The Hall–Kier alpha value is 0.180. The fourth-order valence-corrected chi connectivity index (χ4v) is 2.43. The Morgan fingerprint density at radius 2 is 0.963 bits per heavy atom. The van der Waals surface area contributed by atoms with Crippen molar-refractivity contribution in [3.05, 3.63) is 0 Å². The van der Waals surface area contributed by atoms with Gasteiger partial charge in [0.15, 0.2) is 0 Å². The lowest BCUT2D eigenvalue weighted by Gasteiger charge is -2.04. The third-order valence-electron chi connectivity index (χ3n) is 3.95. The number of hydrogen-bond acceptors (Lipinski definition) is 3. The molecule has 0 aromatic carbocycles. The van der Waals surface area contributed by atoms with Gasteiger partial charge in [-0.1, -0.05) is 77.6 Å². The van der Waals surface area contributed by atoms with Gasteiger partial charge in [-0.2, -0.15) is 0 Å². The standard InChI is InChI=1S/C16H32O.2H3O4P/c1-3-4-5-6-7-8-9-10-11-12-13-14-16(2)15-17-16;2*1-5(2,3)4/h3-15H2,1-2H3;2*(H3,1,2,3,4). The number of unbranched alkanes of at least 4 members (excludes halogenated alkanes) is 10. The quantitative estimate of drug-likeness (QED) is 0.152. The van der Waals surface area contributed by atoms with Gasteiger partial charge in [-0.15, -0.1) is 0 Å². The molecule has 1 saturated heterocycles. The lowest BCUT2D eigenvalue weighted by Crippen LogP contribution is -2.02. The fourth-order valence-electron chi connectivity index (χ4n) is 2.43. The molecule has 27 heavy (non-hydrogen) atoms. The molecule has 0 aromatic rings. The minimum absolute atomic E-state index is 0.291. The van der Waals surface area contributed by atoms with E-state index >= 15 is 0 Å². The largest absolute Gasteiger partial charge is 0.466 e. The summed E-state index contributed by atoms with van der Waals surface area (Å²) >= 11 is 0. The van der Waals surface area contributed by atoms with Crippen LogP contribution >= 0.6 is 15.6 Å². The van der Waals surface area contributed by atoms with Gasteiger partial charge in [0, 0.05) is 0 Å². The first-order valence-corrected chi connectivity index (χ1v) is 12.6. The lowest BCUT2D eigenvalue weighted by molar-refractivity contribution is 0.272. The van der Waals surface area contributed by atoms with Gasteiger partial charge < -0.3 is 34.1 Å². The zero-order valence-corrected chi connectivity index (χ0v) is 18.3. The SMILES string of the molecule is CCCCCCCCCCCCCC1(C)CO1.O=P(O)(O)O.O=P(O)(O)O. The summed E-state index contributed by atoms with van der Waals surface area (Å²) in [4.78, 5) is 43.1. The summed E-state index contributed by atoms with van der Waals surface area (Å²) in [6.07, 6.45) is 17.0. The Labute approximate surface area is 162 Å². The molecule has 1 aliphatic heterocycles. The predicted octanol–water partition coefficient (Wildman–Crippen LogP) is 3.62. The zero-order valence-electron chi connectivity index (χ0n) is 16.5. The average Bonchev–Trinajstić information content (AvgIpc) is 3.19. The van der Waals surface area contributed by atoms with Crippen LogP contribution in [0.4, 0.5) is 0 Å². The maximum Gasteiger partial charge on any atom is 0.466 e. The normalized spacial score (nSPS) is 18.8. The first kappa shape index (κ1) is 29.4. The molecule has 1 aliphatic rings. The van der Waals surface area contributed by atoms with Crippen molar-refractivity contribution in [2.45, 2.75) is 96.5 Å². The summed E-state index contributed by atoms with van der Waals surface area (Å²) < 4.78 is 23.2. The number of rotatable bonds is 12. The minimum atomic E-state index is -4.64. The lowest BCUT2D eigenvalue weighted by atomic mass is 10.0. The molecule has 0 aromatic heterocycles. The Balaban J connectivity index is 0. The molecule has 1 unspecified atom stereocenters. The predicted molar refractivity (Wildman–Crippen MR) is 104 cm³/mol. The Morgan fingerprint density at radius 3 is 1.22 bits per heavy atom. The second-order valence-electron chi connectivity index (χ2n) is 7.05. The van der Waals surface area contributed by atoms with Gasteiger partial charge in [0.25, 0.3) is 0 Å². The van der Waals surface area contributed by atoms with E-state index in [1.54, 1.807) is 0 Å². The van der Waals surface area contributed by atoms with Crippen LogP contribution in [0, 0.1) is 0 Å². The van der Waals surface area contributed by atoms with Gasteiger partial charge >= 0.3 is 15.6 Å². The highest BCUT2D eigenvalue weighted by molar-refractivity contribution is 7.45. The summed E-state index contributed by atoms with van der Waals surface area (Å²) in [6, 6.07) is 0. The summed E-state index contributed by atoms with van der Waals surface area (Å²) in [5.74, 6) is 0. The highest BCUT2D eigenvalue weighted by atomic mass is 31.2. The van der Waals surface area contributed by atoms with E-state index in [0.717, 1.165) is 6.61 Å². The average molecular weight is 436 g/mol. The first-order valence-electron chi connectivity index (χ1n) is 9.47. The number of phosphoric acid groups is 2. The van der Waals surface area contributed by atoms with Crippen LogP contribution < -0.4 is 0 Å². The number of ether oxygens (including phenoxy) is 1. The Bertz CT molecular complexity index is 393. The van der Waals surface area contributed by atoms with Crippen LogP contribution in [0.15, 0.2) is 0 Å². The van der Waals surface area contributed by atoms with Crippen molar-refractivity contribution in [2.75, 3.05) is 6.61 Å². The minimum Gasteiger partial charge on any atom is -0.370 e. The molecule has 0 radical (unpaired) electrons. The molecule has 6 N–H and O–H groups in total. The van der Waals surface area contributed by atoms with E-state index in [9.17, 15) is 0 Å². The van der Waals surface area contributed by atoms with Crippen LogP contribution in [-0.4, -0.2) is 41.6 Å². The van der Waals surface area contributed by atoms with Crippen molar-refractivity contribution in [2.24, 2.45) is 0 Å². The summed E-state index contributed by atoms with van der Waals surface area (Å²) in [7, 11) is -9.28. The van der Waals surface area contributed by atoms with Crippen LogP contribution in [0.25, 0.3) is 0 Å². The van der Waals surface area contributed by atoms with E-state index in [4.69, 9.17) is 43.2 Å². The van der Waals surface area contributed by atoms with Crippen molar-refractivity contribution >= 4 is 15.6 Å². The Kier molecular flexibility index (Phi) is 17.4. The van der Waals surface area contributed by atoms with Crippen molar-refractivity contribution in [1.82, 2.24) is 0 Å². The number of epoxide rings is 1. The molecule has 0 amide bonds. The molecule has 1 heterocycles. The monoisotopic (exact) mass is 436 g/mol. The van der Waals surface area contributed by atoms with Crippen LogP contribution in [0.1, 0.15) is 90.9 Å². The van der Waals surface area contributed by atoms with Gasteiger partial charge in [0.1, 0.15) is 0 Å². The van der Waals surface area contributed by atoms with Crippen molar-refractivity contribution in [1.29, 1.82) is 0 Å². The highest BCUT2D eigenvalue weighted by Gasteiger charge is 2.37. The highest BCUT2D eigenvalue weighted by Crippen LogP contribution is 2.32. The third kappa shape index (κ3) is 41.6. The summed E-state index contributed by atoms with van der Waals surface area (Å²) in [5, 5.41) is 0. The van der Waals surface area contributed by atoms with Gasteiger partial charge in [-0.05, 0) is 13.3 Å². The molecule has 0 bridgehead atoms. The summed E-state index contributed by atoms with van der Waals surface area (Å²) in [6.45, 7) is 5.53. The van der Waals surface area contributed by atoms with E-state index in [1.807, 2.05) is 0 Å². The summed E-state index contributed by atoms with van der Waals surface area (Å²) in [5.41, 5.74) is 0.291. The molecule has 1 atom stereocenters. The fraction of sp³-hybridized carbons (Fsp3) is 1.00. The van der Waals surface area contributed by atoms with E-state index in [2.05, 4.69) is 13.8 Å². The molecular weight excluding hydrogens is 398 g/mol. The number of hydrogen-bond donors (Lipinski definition) is 6. The molecule has 1 fully saturated rings. The zero-order chi connectivity index (χ0) is 21.4. The van der Waals surface area contributed by atoms with E-state index in [1.165, 1.54) is 77.0 Å². The molecule has 0 saturated carbocycles. The van der Waals surface area contributed by atoms with E-state index in [-0.39, 0.29) is 0 Å².